The molecule has 0 spiro atoms. The lowest BCUT2D eigenvalue weighted by Crippen LogP contribution is -2.41. The fraction of sp³-hybridized carbons (Fsp3) is 0.458. The smallest absolute Gasteiger partial charge is 0.320 e. The van der Waals surface area contributed by atoms with E-state index in [0.717, 1.165) is 37.6 Å². The molecular formula is C24H32N4O4. The summed E-state index contributed by atoms with van der Waals surface area (Å²) >= 11 is 0. The second-order valence-electron chi connectivity index (χ2n) is 8.58. The number of nitrogens with zero attached hydrogens (tertiary/aromatic N) is 4. The predicted octanol–water partition coefficient (Wildman–Crippen LogP) is 2.89. The number of hydrogen-bond acceptors (Lipinski definition) is 5. The molecule has 2 fully saturated rings. The van der Waals surface area contributed by atoms with E-state index in [9.17, 15) is 4.79 Å². The van der Waals surface area contributed by atoms with Crippen LogP contribution in [0.25, 0.3) is 0 Å². The minimum atomic E-state index is -0.250. The van der Waals surface area contributed by atoms with Gasteiger partial charge < -0.3 is 19.6 Å². The number of methoxy groups -OCH3 is 1. The number of urea groups is 1. The van der Waals surface area contributed by atoms with Crippen molar-refractivity contribution in [2.75, 3.05) is 40.8 Å². The van der Waals surface area contributed by atoms with Crippen LogP contribution in [0.4, 0.5) is 4.79 Å². The number of carbonyl (C=O) groups is 2. The first-order chi connectivity index (χ1) is 15.4. The molecule has 4 rings (SSSR count). The van der Waals surface area contributed by atoms with Crippen molar-refractivity contribution < 1.29 is 19.4 Å². The predicted molar refractivity (Wildman–Crippen MR) is 121 cm³/mol. The van der Waals surface area contributed by atoms with E-state index < -0.39 is 0 Å². The van der Waals surface area contributed by atoms with Gasteiger partial charge in [-0.05, 0) is 42.2 Å². The first-order valence-electron chi connectivity index (χ1n) is 10.7. The van der Waals surface area contributed by atoms with Crippen molar-refractivity contribution in [1.82, 2.24) is 19.7 Å². The summed E-state index contributed by atoms with van der Waals surface area (Å²) in [6, 6.07) is 12.6. The summed E-state index contributed by atoms with van der Waals surface area (Å²) < 4.78 is 5.32. The Morgan fingerprint density at radius 1 is 1.19 bits per heavy atom. The maximum absolute atomic E-state index is 12.9. The third-order valence-electron chi connectivity index (χ3n) is 6.20. The van der Waals surface area contributed by atoms with Gasteiger partial charge >= 0.3 is 6.03 Å². The lowest BCUT2D eigenvalue weighted by atomic mass is 9.89. The molecule has 1 aromatic carbocycles. The van der Waals surface area contributed by atoms with E-state index in [-0.39, 0.29) is 18.5 Å². The number of benzene rings is 1. The molecular weight excluding hydrogens is 408 g/mol. The number of likely N-dealkylation sites (tertiary alicyclic amines) is 2. The minimum absolute atomic E-state index is 0.0921. The van der Waals surface area contributed by atoms with Gasteiger partial charge in [0.2, 0.25) is 0 Å². The van der Waals surface area contributed by atoms with E-state index in [1.54, 1.807) is 12.0 Å². The maximum atomic E-state index is 12.9. The monoisotopic (exact) mass is 440 g/mol. The molecule has 2 amide bonds. The molecule has 0 unspecified atom stereocenters. The summed E-state index contributed by atoms with van der Waals surface area (Å²) in [5.41, 5.74) is 3.48. The molecule has 32 heavy (non-hydrogen) atoms. The summed E-state index contributed by atoms with van der Waals surface area (Å²) in [4.78, 5) is 31.9. The third kappa shape index (κ3) is 5.19. The highest BCUT2D eigenvalue weighted by Gasteiger charge is 2.49. The zero-order chi connectivity index (χ0) is 23.3. The van der Waals surface area contributed by atoms with Gasteiger partial charge in [-0.3, -0.25) is 14.7 Å². The molecule has 2 saturated heterocycles. The van der Waals surface area contributed by atoms with Crippen molar-refractivity contribution in [1.29, 1.82) is 0 Å². The number of carbonyl (C=O) groups excluding carboxylic acids is 1. The van der Waals surface area contributed by atoms with Crippen LogP contribution in [0, 0.1) is 18.8 Å². The fourth-order valence-electron chi connectivity index (χ4n) is 4.80. The number of hydrogen-bond donors (Lipinski definition) is 1. The van der Waals surface area contributed by atoms with Crippen LogP contribution in [0.5, 0.6) is 5.75 Å². The molecule has 8 heteroatoms. The second kappa shape index (κ2) is 10.5. The standard InChI is InChI=1S/C23H30N4O2.CH2O2/c1-16-5-6-17(11-24-16)12-26-13-19-14-27(23(28)25(2)3)22(21(19)15-26)18-7-9-20(29-4)10-8-18;2-1-3/h5-11,19,21-22H,12-15H2,1-4H3;1H,(H,2,3)/t19-,21-,22+;/m1./s1. The molecule has 0 aliphatic carbocycles. The number of pyridine rings is 1. The quantitative estimate of drug-likeness (QED) is 0.736. The van der Waals surface area contributed by atoms with Gasteiger partial charge in [-0.25, -0.2) is 4.79 Å². The van der Waals surface area contributed by atoms with E-state index in [2.05, 4.69) is 39.0 Å². The van der Waals surface area contributed by atoms with Crippen molar-refractivity contribution in [3.8, 4) is 5.75 Å². The van der Waals surface area contributed by atoms with Crippen LogP contribution in [-0.2, 0) is 11.3 Å². The van der Waals surface area contributed by atoms with E-state index in [4.69, 9.17) is 14.6 Å². The molecule has 3 atom stereocenters. The Morgan fingerprint density at radius 3 is 2.44 bits per heavy atom. The molecule has 2 aliphatic rings. The zero-order valence-electron chi connectivity index (χ0n) is 19.1. The highest BCUT2D eigenvalue weighted by molar-refractivity contribution is 5.75. The first kappa shape index (κ1) is 23.5. The van der Waals surface area contributed by atoms with Gasteiger partial charge in [-0.1, -0.05) is 18.2 Å². The van der Waals surface area contributed by atoms with Gasteiger partial charge in [0, 0.05) is 58.1 Å². The van der Waals surface area contributed by atoms with Crippen LogP contribution in [-0.4, -0.2) is 78.1 Å². The van der Waals surface area contributed by atoms with Crippen molar-refractivity contribution in [2.45, 2.75) is 19.5 Å². The molecule has 0 radical (unpaired) electrons. The maximum Gasteiger partial charge on any atom is 0.320 e. The summed E-state index contributed by atoms with van der Waals surface area (Å²) in [5.74, 6) is 1.77. The Labute approximate surface area is 189 Å². The molecule has 172 valence electrons. The summed E-state index contributed by atoms with van der Waals surface area (Å²) in [6.07, 6.45) is 1.98. The third-order valence-corrected chi connectivity index (χ3v) is 6.20. The largest absolute Gasteiger partial charge is 0.497 e. The zero-order valence-corrected chi connectivity index (χ0v) is 19.1. The molecule has 2 aliphatic heterocycles. The lowest BCUT2D eigenvalue weighted by molar-refractivity contribution is -0.122. The Morgan fingerprint density at radius 2 is 1.88 bits per heavy atom. The number of carboxylic acid groups (broad SMARTS) is 1. The Bertz CT molecular complexity index is 901. The van der Waals surface area contributed by atoms with Gasteiger partial charge in [0.25, 0.3) is 6.47 Å². The average Bonchev–Trinajstić information content (AvgIpc) is 3.32. The Kier molecular flexibility index (Phi) is 7.69. The number of rotatable bonds is 4. The second-order valence-corrected chi connectivity index (χ2v) is 8.58. The summed E-state index contributed by atoms with van der Waals surface area (Å²) in [6.45, 7) is 5.49. The van der Waals surface area contributed by atoms with Crippen LogP contribution < -0.4 is 4.74 Å². The highest BCUT2D eigenvalue weighted by atomic mass is 16.5. The number of aryl methyl sites for hydroxylation is 1. The van der Waals surface area contributed by atoms with Crippen LogP contribution in [0.1, 0.15) is 22.9 Å². The van der Waals surface area contributed by atoms with Gasteiger partial charge in [-0.15, -0.1) is 0 Å². The first-order valence-corrected chi connectivity index (χ1v) is 10.7. The topological polar surface area (TPSA) is 86.2 Å². The van der Waals surface area contributed by atoms with Crippen LogP contribution in [0.15, 0.2) is 42.6 Å². The van der Waals surface area contributed by atoms with E-state index in [0.29, 0.717) is 11.8 Å². The molecule has 1 N–H and O–H groups in total. The van der Waals surface area contributed by atoms with Crippen molar-refractivity contribution in [3.05, 3.63) is 59.4 Å². The molecule has 1 aromatic heterocycles. The van der Waals surface area contributed by atoms with Gasteiger partial charge in [0.1, 0.15) is 5.75 Å². The summed E-state index contributed by atoms with van der Waals surface area (Å²) in [5, 5.41) is 6.89. The molecule has 8 nitrogen and oxygen atoms in total. The molecule has 0 bridgehead atoms. The SMILES string of the molecule is COc1ccc([C@H]2[C@@H]3CN(Cc4ccc(C)nc4)C[C@@H]3CN2C(=O)N(C)C)cc1.O=CO. The van der Waals surface area contributed by atoms with Crippen LogP contribution in [0.2, 0.25) is 0 Å². The number of amides is 2. The minimum Gasteiger partial charge on any atom is -0.497 e. The van der Waals surface area contributed by atoms with Crippen LogP contribution >= 0.6 is 0 Å². The normalized spacial score (nSPS) is 22.0. The Hall–Kier alpha value is -3.13. The fourth-order valence-corrected chi connectivity index (χ4v) is 4.80. The average molecular weight is 441 g/mol. The van der Waals surface area contributed by atoms with E-state index >= 15 is 0 Å². The Balaban J connectivity index is 0.000000913. The van der Waals surface area contributed by atoms with Crippen molar-refractivity contribution in [2.24, 2.45) is 11.8 Å². The van der Waals surface area contributed by atoms with Gasteiger partial charge in [0.15, 0.2) is 0 Å². The van der Waals surface area contributed by atoms with Gasteiger partial charge in [-0.2, -0.15) is 0 Å². The van der Waals surface area contributed by atoms with Crippen molar-refractivity contribution >= 4 is 12.5 Å². The van der Waals surface area contributed by atoms with Crippen LogP contribution in [0.3, 0.4) is 0 Å². The highest BCUT2D eigenvalue weighted by Crippen LogP contribution is 2.45. The number of ether oxygens (including phenoxy) is 1. The lowest BCUT2D eigenvalue weighted by Gasteiger charge is -2.32. The van der Waals surface area contributed by atoms with Crippen molar-refractivity contribution in [3.63, 3.8) is 0 Å². The van der Waals surface area contributed by atoms with E-state index in [1.807, 2.05) is 39.3 Å². The van der Waals surface area contributed by atoms with E-state index in [1.165, 1.54) is 11.1 Å². The summed E-state index contributed by atoms with van der Waals surface area (Å²) in [7, 11) is 5.34. The number of fused-ring (bicyclic) bond motifs is 1. The van der Waals surface area contributed by atoms with Gasteiger partial charge in [0.05, 0.1) is 13.2 Å². The molecule has 3 heterocycles. The number of aromatic nitrogens is 1. The molecule has 0 saturated carbocycles. The molecule has 2 aromatic rings.